The van der Waals surface area contributed by atoms with E-state index in [1.165, 1.54) is 22.9 Å². The van der Waals surface area contributed by atoms with Crippen molar-refractivity contribution in [3.63, 3.8) is 0 Å². The minimum Gasteiger partial charge on any atom is -0.870 e. The van der Waals surface area contributed by atoms with Crippen LogP contribution in [0.3, 0.4) is 0 Å². The monoisotopic (exact) mass is 876 g/mol. The maximum atomic E-state index is 14.5. The number of carboxylic acid groups (broad SMARTS) is 1. The molecule has 0 radical (unpaired) electrons. The quantitative estimate of drug-likeness (QED) is 0.0899. The number of carboxylic acids is 1. The second-order valence-corrected chi connectivity index (χ2v) is 14.6. The van der Waals surface area contributed by atoms with Crippen LogP contribution in [0.2, 0.25) is 0 Å². The molecule has 9 aromatic rings. The molecule has 0 aliphatic carbocycles. The summed E-state index contributed by atoms with van der Waals surface area (Å²) in [6.07, 6.45) is 4.49. The van der Waals surface area contributed by atoms with E-state index in [4.69, 9.17) is 4.42 Å². The number of nitro groups is 2. The molecule has 324 valence electrons. The van der Waals surface area contributed by atoms with Crippen molar-refractivity contribution >= 4 is 61.2 Å². The summed E-state index contributed by atoms with van der Waals surface area (Å²) in [4.78, 5) is 65.7. The second-order valence-electron chi connectivity index (χ2n) is 14.6. The molecule has 0 fully saturated rings. The number of pyridine rings is 2. The van der Waals surface area contributed by atoms with Crippen molar-refractivity contribution in [2.75, 3.05) is 0 Å². The summed E-state index contributed by atoms with van der Waals surface area (Å²) in [5.41, 5.74) is 2.38. The van der Waals surface area contributed by atoms with Crippen molar-refractivity contribution in [1.29, 1.82) is 0 Å². The molecule has 19 heteroatoms. The van der Waals surface area contributed by atoms with Crippen LogP contribution in [0.15, 0.2) is 123 Å². The number of non-ortho nitro benzene ring substituents is 2. The summed E-state index contributed by atoms with van der Waals surface area (Å²) >= 11 is 0. The summed E-state index contributed by atoms with van der Waals surface area (Å²) in [6, 6.07) is 24.4. The fourth-order valence-electron chi connectivity index (χ4n) is 7.90. The summed E-state index contributed by atoms with van der Waals surface area (Å²) in [6.45, 7) is 3.66. The Morgan fingerprint density at radius 1 is 0.769 bits per heavy atom. The molecule has 0 saturated carbocycles. The van der Waals surface area contributed by atoms with Crippen LogP contribution in [0.25, 0.3) is 54.9 Å². The van der Waals surface area contributed by atoms with Gasteiger partial charge in [0.15, 0.2) is 0 Å². The van der Waals surface area contributed by atoms with Gasteiger partial charge in [0, 0.05) is 91.5 Å². The number of hydrogen-bond acceptors (Lipinski definition) is 10. The van der Waals surface area contributed by atoms with Crippen molar-refractivity contribution in [2.24, 2.45) is 0 Å². The summed E-state index contributed by atoms with van der Waals surface area (Å²) < 4.78 is 37.6. The Bertz CT molecular complexity index is 3470. The number of nitrogens with zero attached hydrogens (tertiary/aromatic N) is 5. The Labute approximate surface area is 377 Å². The van der Waals surface area contributed by atoms with Gasteiger partial charge in [-0.1, -0.05) is 26.0 Å². The number of carbonyl (C=O) groups is 1. The fraction of sp³-hybridized carbons (Fsp3) is 0.130. The van der Waals surface area contributed by atoms with Gasteiger partial charge in [-0.2, -0.15) is 0 Å². The number of aromatic amines is 1. The molecule has 0 aliphatic heterocycles. The van der Waals surface area contributed by atoms with Crippen LogP contribution in [-0.2, 0) is 25.9 Å². The number of fused-ring (bicyclic) bond motifs is 6. The number of H-pyrrole nitrogens is 1. The zero-order chi connectivity index (χ0) is 44.7. The zero-order valence-electron chi connectivity index (χ0n) is 34.9. The minimum atomic E-state index is -1.30. The Hall–Kier alpha value is -7.78. The first-order valence-corrected chi connectivity index (χ1v) is 19.5. The van der Waals surface area contributed by atoms with Crippen LogP contribution < -0.4 is 30.0 Å². The van der Waals surface area contributed by atoms with Crippen LogP contribution in [0, 0.1) is 31.9 Å². The van der Waals surface area contributed by atoms with Gasteiger partial charge in [0.25, 0.3) is 16.9 Å². The van der Waals surface area contributed by atoms with Crippen LogP contribution >= 0.6 is 0 Å². The predicted molar refractivity (Wildman–Crippen MR) is 233 cm³/mol. The van der Waals surface area contributed by atoms with E-state index in [9.17, 15) is 48.5 Å². The number of hydrogen-bond donors (Lipinski definition) is 2. The summed E-state index contributed by atoms with van der Waals surface area (Å²) in [5, 5.41) is 35.1. The first kappa shape index (κ1) is 46.7. The first-order valence-electron chi connectivity index (χ1n) is 19.5. The molecule has 9 rings (SSSR count). The Morgan fingerprint density at radius 3 is 1.89 bits per heavy atom. The molecule has 3 N–H and O–H groups in total. The van der Waals surface area contributed by atoms with Gasteiger partial charge in [-0.15, -0.1) is 0 Å². The van der Waals surface area contributed by atoms with Crippen molar-refractivity contribution in [3.8, 4) is 11.1 Å². The van der Waals surface area contributed by atoms with Crippen molar-refractivity contribution in [3.05, 3.63) is 190 Å². The fourth-order valence-corrected chi connectivity index (χ4v) is 7.90. The topological polar surface area (TPSA) is 239 Å². The third-order valence-corrected chi connectivity index (χ3v) is 10.9. The molecule has 0 atom stereocenters. The van der Waals surface area contributed by atoms with E-state index in [-0.39, 0.29) is 88.0 Å². The summed E-state index contributed by atoms with van der Waals surface area (Å²) in [5.74, 6) is -2.58. The van der Waals surface area contributed by atoms with Crippen LogP contribution in [0.1, 0.15) is 46.6 Å². The Morgan fingerprint density at radius 2 is 1.34 bits per heavy atom. The Kier molecular flexibility index (Phi) is 13.6. The third-order valence-electron chi connectivity index (χ3n) is 10.9. The van der Waals surface area contributed by atoms with Gasteiger partial charge in [-0.05, 0) is 84.6 Å². The Balaban J connectivity index is 0.000000209. The van der Waals surface area contributed by atoms with E-state index >= 15 is 0 Å². The molecule has 0 aliphatic rings. The van der Waals surface area contributed by atoms with Gasteiger partial charge in [-0.3, -0.25) is 25.0 Å². The van der Waals surface area contributed by atoms with Gasteiger partial charge in [0.2, 0.25) is 5.71 Å². The predicted octanol–water partition coefficient (Wildman–Crippen LogP) is 6.13. The van der Waals surface area contributed by atoms with Crippen molar-refractivity contribution in [2.45, 2.75) is 39.8 Å². The van der Waals surface area contributed by atoms with Gasteiger partial charge in [0.1, 0.15) is 22.8 Å². The number of halogens is 2. The van der Waals surface area contributed by atoms with Crippen LogP contribution in [0.5, 0.6) is 0 Å². The van der Waals surface area contributed by atoms with E-state index in [1.807, 2.05) is 50.2 Å². The molecular weight excluding hydrogens is 841 g/mol. The van der Waals surface area contributed by atoms with E-state index in [2.05, 4.69) is 9.97 Å². The maximum absolute atomic E-state index is 14.5. The molecule has 65 heavy (non-hydrogen) atoms. The van der Waals surface area contributed by atoms with Crippen LogP contribution in [0.4, 0.5) is 20.2 Å². The van der Waals surface area contributed by atoms with Gasteiger partial charge in [0.05, 0.1) is 22.9 Å². The zero-order valence-corrected chi connectivity index (χ0v) is 34.9. The molecule has 5 heterocycles. The largest absolute Gasteiger partial charge is 1.00 e. The average molecular weight is 877 g/mol. The smallest absolute Gasteiger partial charge is 0.870 e. The number of nitro benzene ring substituents is 2. The molecule has 0 unspecified atom stereocenters. The number of nitrogens with one attached hydrogen (secondary N) is 1. The normalized spacial score (nSPS) is 11.0. The van der Waals surface area contributed by atoms with E-state index in [1.54, 1.807) is 29.0 Å². The number of benzene rings is 4. The SMILES string of the molecule is CCc1ccc2c(c1)c(-c1ccc[nH]c1=O)c(C(=O)O)n2Cc1cc([N+](=O)[O-])ccc1F.CCc1ccc2c(c1)c1c3cccnc3oc(=O)c1n2Cc1cc([N+](=O)[O-])ccc1F.[Li+].[OH-]. The number of aromatic carboxylic acids is 1. The molecule has 0 amide bonds. The molecule has 0 bridgehead atoms. The molecular formula is C46H35F2LiN6O10. The molecule has 5 aromatic heterocycles. The molecule has 0 spiro atoms. The van der Waals surface area contributed by atoms with Gasteiger partial charge >= 0.3 is 30.5 Å². The van der Waals surface area contributed by atoms with E-state index in [0.29, 0.717) is 33.6 Å². The van der Waals surface area contributed by atoms with Crippen LogP contribution in [-0.4, -0.2) is 45.5 Å². The molecule has 4 aromatic carbocycles. The summed E-state index contributed by atoms with van der Waals surface area (Å²) in [7, 11) is 0. The maximum Gasteiger partial charge on any atom is 1.00 e. The average Bonchev–Trinajstić information content (AvgIpc) is 3.77. The van der Waals surface area contributed by atoms with E-state index in [0.717, 1.165) is 53.3 Å². The number of aromatic nitrogens is 4. The van der Waals surface area contributed by atoms with Gasteiger partial charge in [-0.25, -0.2) is 23.4 Å². The van der Waals surface area contributed by atoms with Crippen molar-refractivity contribution in [1.82, 2.24) is 19.1 Å². The number of rotatable bonds is 10. The van der Waals surface area contributed by atoms with Crippen molar-refractivity contribution < 1.29 is 57.3 Å². The van der Waals surface area contributed by atoms with Gasteiger partial charge < -0.3 is 29.1 Å². The molecule has 0 saturated heterocycles. The first-order chi connectivity index (χ1) is 30.3. The molecule has 16 nitrogen and oxygen atoms in total. The third kappa shape index (κ3) is 8.65. The minimum absolute atomic E-state index is 0. The number of aryl methyl sites for hydroxylation is 2. The van der Waals surface area contributed by atoms with E-state index < -0.39 is 38.6 Å². The standard InChI is InChI=1S/C23H18FN3O5.C23H16FN3O4.Li.H2O/c1-2-13-5-8-19-17(10-13)20(16-4-3-9-25-22(16)28)21(23(29)30)26(19)12-14-11-15(27(31)32)6-7-18(14)24;1-2-13-5-8-19-17(10-13)20-16-4-3-9-25-22(16)31-23(28)21(20)26(19)12-14-11-15(27(29)30)6-7-18(14)24;;/h3-11H,2,12H2,1H3,(H,25,28)(H,29,30);3-11H,2,12H2,1H3;;1H2/q;;+1;/p-1. The second kappa shape index (κ2) is 18.9.